The van der Waals surface area contributed by atoms with E-state index >= 15 is 0 Å². The van der Waals surface area contributed by atoms with E-state index in [1.54, 1.807) is 12.1 Å². The molecule has 0 unspecified atom stereocenters. The molecule has 0 saturated heterocycles. The van der Waals surface area contributed by atoms with Crippen LogP contribution in [-0.4, -0.2) is 9.97 Å². The molecule has 0 aliphatic carbocycles. The minimum Gasteiger partial charge on any atom is -0.224 e. The van der Waals surface area contributed by atoms with E-state index in [9.17, 15) is 13.2 Å². The summed E-state index contributed by atoms with van der Waals surface area (Å²) in [7, 11) is 0. The van der Waals surface area contributed by atoms with Gasteiger partial charge in [-0.1, -0.05) is 17.7 Å². The molecule has 0 saturated carbocycles. The zero-order valence-corrected chi connectivity index (χ0v) is 9.86. The first kappa shape index (κ1) is 11.6. The predicted octanol–water partition coefficient (Wildman–Crippen LogP) is 4.06. The summed E-state index contributed by atoms with van der Waals surface area (Å²) in [5.41, 5.74) is 0.154. The van der Waals surface area contributed by atoms with Gasteiger partial charge in [-0.05, 0) is 28.1 Å². The number of hydrogen-bond donors (Lipinski definition) is 0. The topological polar surface area (TPSA) is 25.8 Å². The fourth-order valence-electron chi connectivity index (χ4n) is 1.22. The second-order valence-electron chi connectivity index (χ2n) is 2.97. The molecule has 0 aliphatic rings. The Morgan fingerprint density at radius 3 is 2.50 bits per heavy atom. The van der Waals surface area contributed by atoms with Crippen molar-refractivity contribution in [3.63, 3.8) is 0 Å². The molecule has 84 valence electrons. The number of aromatic nitrogens is 2. The lowest BCUT2D eigenvalue weighted by Crippen LogP contribution is -2.11. The Balaban J connectivity index is 2.79. The zero-order valence-electron chi connectivity index (χ0n) is 7.52. The van der Waals surface area contributed by atoms with E-state index in [1.165, 1.54) is 6.07 Å². The summed E-state index contributed by atoms with van der Waals surface area (Å²) in [4.78, 5) is 6.65. The monoisotopic (exact) mass is 310 g/mol. The van der Waals surface area contributed by atoms with Crippen LogP contribution in [0.15, 0.2) is 22.7 Å². The van der Waals surface area contributed by atoms with Gasteiger partial charge >= 0.3 is 6.18 Å². The van der Waals surface area contributed by atoms with Crippen molar-refractivity contribution in [3.05, 3.63) is 33.6 Å². The molecule has 1 aromatic carbocycles. The van der Waals surface area contributed by atoms with E-state index in [0.29, 0.717) is 9.86 Å². The quantitative estimate of drug-likeness (QED) is 0.686. The van der Waals surface area contributed by atoms with Crippen LogP contribution < -0.4 is 0 Å². The first-order chi connectivity index (χ1) is 7.39. The Morgan fingerprint density at radius 1 is 1.19 bits per heavy atom. The van der Waals surface area contributed by atoms with Crippen molar-refractivity contribution < 1.29 is 13.2 Å². The number of rotatable bonds is 0. The van der Waals surface area contributed by atoms with Crippen LogP contribution in [0.2, 0.25) is 5.15 Å². The number of fused-ring (bicyclic) bond motifs is 1. The third kappa shape index (κ3) is 1.99. The normalized spacial score (nSPS) is 12.1. The molecule has 0 bridgehead atoms. The highest BCUT2D eigenvalue weighted by Crippen LogP contribution is 2.32. The SMILES string of the molecule is FC(F)(F)c1nc(Cl)c2c(Br)cccc2n1. The van der Waals surface area contributed by atoms with Gasteiger partial charge in [-0.15, -0.1) is 0 Å². The van der Waals surface area contributed by atoms with E-state index in [0.717, 1.165) is 0 Å². The molecule has 0 aliphatic heterocycles. The third-order valence-electron chi connectivity index (χ3n) is 1.88. The van der Waals surface area contributed by atoms with Crippen LogP contribution in [0.4, 0.5) is 13.2 Å². The van der Waals surface area contributed by atoms with Crippen molar-refractivity contribution >= 4 is 38.4 Å². The predicted molar refractivity (Wildman–Crippen MR) is 57.2 cm³/mol. The molecule has 0 atom stereocenters. The van der Waals surface area contributed by atoms with Gasteiger partial charge in [0.25, 0.3) is 0 Å². The molecule has 7 heteroatoms. The lowest BCUT2D eigenvalue weighted by Gasteiger charge is -2.07. The molecule has 16 heavy (non-hydrogen) atoms. The van der Waals surface area contributed by atoms with Gasteiger partial charge in [0.2, 0.25) is 5.82 Å². The molecule has 0 amide bonds. The van der Waals surface area contributed by atoms with Gasteiger partial charge < -0.3 is 0 Å². The second kappa shape index (κ2) is 3.85. The molecule has 0 N–H and O–H groups in total. The highest BCUT2D eigenvalue weighted by atomic mass is 79.9. The molecule has 2 rings (SSSR count). The van der Waals surface area contributed by atoms with Gasteiger partial charge in [-0.3, -0.25) is 0 Å². The maximum absolute atomic E-state index is 12.4. The van der Waals surface area contributed by atoms with Gasteiger partial charge in [-0.25, -0.2) is 9.97 Å². The smallest absolute Gasteiger partial charge is 0.224 e. The van der Waals surface area contributed by atoms with Gasteiger partial charge in [0.15, 0.2) is 0 Å². The summed E-state index contributed by atoms with van der Waals surface area (Å²) >= 11 is 8.87. The van der Waals surface area contributed by atoms with Gasteiger partial charge in [0, 0.05) is 4.47 Å². The van der Waals surface area contributed by atoms with Gasteiger partial charge in [-0.2, -0.15) is 13.2 Å². The van der Waals surface area contributed by atoms with Crippen LogP contribution >= 0.6 is 27.5 Å². The average Bonchev–Trinajstić information content (AvgIpc) is 2.15. The summed E-state index contributed by atoms with van der Waals surface area (Å²) in [5, 5.41) is 0.155. The van der Waals surface area contributed by atoms with E-state index in [4.69, 9.17) is 11.6 Å². The third-order valence-corrected chi connectivity index (χ3v) is 2.82. The standard InChI is InChI=1S/C9H3BrClF3N2/c10-4-2-1-3-5-6(4)7(11)16-8(15-5)9(12,13)14/h1-3H. The largest absolute Gasteiger partial charge is 0.451 e. The van der Waals surface area contributed by atoms with Crippen LogP contribution in [0.3, 0.4) is 0 Å². The van der Waals surface area contributed by atoms with Crippen LogP contribution in [0.1, 0.15) is 5.82 Å². The highest BCUT2D eigenvalue weighted by Gasteiger charge is 2.35. The molecule has 0 fully saturated rings. The maximum atomic E-state index is 12.4. The Labute approximate surface area is 102 Å². The van der Waals surface area contributed by atoms with Crippen molar-refractivity contribution in [2.45, 2.75) is 6.18 Å². The Morgan fingerprint density at radius 2 is 1.88 bits per heavy atom. The maximum Gasteiger partial charge on any atom is 0.451 e. The van der Waals surface area contributed by atoms with Crippen molar-refractivity contribution in [1.29, 1.82) is 0 Å². The number of hydrogen-bond acceptors (Lipinski definition) is 2. The van der Waals surface area contributed by atoms with E-state index in [1.807, 2.05) is 0 Å². The van der Waals surface area contributed by atoms with Crippen LogP contribution in [0.5, 0.6) is 0 Å². The van der Waals surface area contributed by atoms with E-state index in [-0.39, 0.29) is 10.7 Å². The Kier molecular flexibility index (Phi) is 2.79. The Hall–Kier alpha value is -0.880. The van der Waals surface area contributed by atoms with Crippen molar-refractivity contribution in [2.24, 2.45) is 0 Å². The van der Waals surface area contributed by atoms with Gasteiger partial charge in [0.05, 0.1) is 10.9 Å². The molecule has 2 nitrogen and oxygen atoms in total. The summed E-state index contributed by atoms with van der Waals surface area (Å²) in [6.45, 7) is 0. The minimum absolute atomic E-state index is 0.154. The summed E-state index contributed by atoms with van der Waals surface area (Å²) in [5.74, 6) is -1.23. The van der Waals surface area contributed by atoms with Gasteiger partial charge in [0.1, 0.15) is 5.15 Å². The molecule has 1 heterocycles. The fraction of sp³-hybridized carbons (Fsp3) is 0.111. The zero-order chi connectivity index (χ0) is 11.9. The average molecular weight is 311 g/mol. The number of benzene rings is 1. The summed E-state index contributed by atoms with van der Waals surface area (Å²) in [6, 6.07) is 4.68. The molecule has 1 aromatic heterocycles. The fourth-order valence-corrected chi connectivity index (χ4v) is 2.16. The van der Waals surface area contributed by atoms with E-state index in [2.05, 4.69) is 25.9 Å². The number of nitrogens with zero attached hydrogens (tertiary/aromatic N) is 2. The molecule has 0 radical (unpaired) electrons. The lowest BCUT2D eigenvalue weighted by molar-refractivity contribution is -0.144. The number of alkyl halides is 3. The van der Waals surface area contributed by atoms with E-state index < -0.39 is 12.0 Å². The Bertz CT molecular complexity index is 556. The second-order valence-corrected chi connectivity index (χ2v) is 4.18. The van der Waals surface area contributed by atoms with Crippen LogP contribution in [-0.2, 0) is 6.18 Å². The summed E-state index contributed by atoms with van der Waals surface area (Å²) < 4.78 is 37.8. The van der Waals surface area contributed by atoms with Crippen LogP contribution in [0.25, 0.3) is 10.9 Å². The minimum atomic E-state index is -4.60. The highest BCUT2D eigenvalue weighted by molar-refractivity contribution is 9.10. The first-order valence-corrected chi connectivity index (χ1v) is 5.25. The van der Waals surface area contributed by atoms with Crippen molar-refractivity contribution in [1.82, 2.24) is 9.97 Å². The van der Waals surface area contributed by atoms with Crippen molar-refractivity contribution in [2.75, 3.05) is 0 Å². The summed E-state index contributed by atoms with van der Waals surface area (Å²) in [6.07, 6.45) is -4.60. The van der Waals surface area contributed by atoms with Crippen molar-refractivity contribution in [3.8, 4) is 0 Å². The molecule has 2 aromatic rings. The molecule has 0 spiro atoms. The number of halogens is 5. The first-order valence-electron chi connectivity index (χ1n) is 4.08. The molecular formula is C9H3BrClF3N2. The molecular weight excluding hydrogens is 308 g/mol. The van der Waals surface area contributed by atoms with Crippen LogP contribution in [0, 0.1) is 0 Å². The lowest BCUT2D eigenvalue weighted by atomic mass is 10.2.